The summed E-state index contributed by atoms with van der Waals surface area (Å²) in [5.41, 5.74) is 0.574. The minimum Gasteiger partial charge on any atom is -0.478 e. The predicted octanol–water partition coefficient (Wildman–Crippen LogP) is 1.26. The summed E-state index contributed by atoms with van der Waals surface area (Å²) in [7, 11) is 0. The molecule has 0 aliphatic carbocycles. The molecule has 0 aromatic carbocycles. The first-order chi connectivity index (χ1) is 9.54. The highest BCUT2D eigenvalue weighted by Gasteiger charge is 2.07. The maximum absolute atomic E-state index is 11.6. The van der Waals surface area contributed by atoms with Crippen molar-refractivity contribution in [2.45, 2.75) is 13.5 Å². The lowest BCUT2D eigenvalue weighted by Crippen LogP contribution is -2.28. The Balaban J connectivity index is 1.90. The maximum atomic E-state index is 11.6. The van der Waals surface area contributed by atoms with Crippen LogP contribution in [0.25, 0.3) is 0 Å². The van der Waals surface area contributed by atoms with Crippen LogP contribution in [0.4, 0.5) is 9.93 Å². The zero-order valence-electron chi connectivity index (χ0n) is 10.5. The topological polar surface area (TPSA) is 117 Å². The van der Waals surface area contributed by atoms with Crippen LogP contribution in [0.2, 0.25) is 0 Å². The summed E-state index contributed by atoms with van der Waals surface area (Å²) < 4.78 is 3.93. The molecule has 8 nitrogen and oxygen atoms in total. The summed E-state index contributed by atoms with van der Waals surface area (Å²) in [4.78, 5) is 30.3. The highest BCUT2D eigenvalue weighted by molar-refractivity contribution is 7.09. The van der Waals surface area contributed by atoms with Crippen molar-refractivity contribution < 1.29 is 14.7 Å². The lowest BCUT2D eigenvalue weighted by Gasteiger charge is -2.05. The van der Waals surface area contributed by atoms with Crippen molar-refractivity contribution in [3.05, 3.63) is 35.4 Å². The first kappa shape index (κ1) is 13.9. The van der Waals surface area contributed by atoms with E-state index in [4.69, 9.17) is 5.11 Å². The van der Waals surface area contributed by atoms with Gasteiger partial charge >= 0.3 is 12.0 Å². The number of carboxylic acids is 1. The van der Waals surface area contributed by atoms with Gasteiger partial charge in [-0.15, -0.1) is 0 Å². The summed E-state index contributed by atoms with van der Waals surface area (Å²) in [6.07, 6.45) is 1.38. The number of carboxylic acid groups (broad SMARTS) is 1. The predicted molar refractivity (Wildman–Crippen MR) is 71.7 cm³/mol. The SMILES string of the molecule is Cc1nsc(NC(=O)NCc2cc(C(=O)O)ccn2)n1. The van der Waals surface area contributed by atoms with Crippen LogP contribution in [-0.4, -0.2) is 31.4 Å². The molecular formula is C11H11N5O3S. The second-order valence-electron chi connectivity index (χ2n) is 3.80. The van der Waals surface area contributed by atoms with Crippen LogP contribution in [0.5, 0.6) is 0 Å². The molecule has 2 aromatic rings. The van der Waals surface area contributed by atoms with Gasteiger partial charge in [-0.2, -0.15) is 4.37 Å². The number of aryl methyl sites for hydroxylation is 1. The molecule has 2 amide bonds. The Kier molecular flexibility index (Phi) is 4.20. The van der Waals surface area contributed by atoms with Crippen molar-refractivity contribution >= 4 is 28.7 Å². The monoisotopic (exact) mass is 293 g/mol. The molecule has 0 atom stereocenters. The summed E-state index contributed by atoms with van der Waals surface area (Å²) in [5, 5.41) is 14.3. The van der Waals surface area contributed by atoms with Crippen LogP contribution < -0.4 is 10.6 Å². The molecule has 2 aromatic heterocycles. The van der Waals surface area contributed by atoms with Gasteiger partial charge in [0.1, 0.15) is 5.82 Å². The molecule has 0 bridgehead atoms. The number of anilines is 1. The number of rotatable bonds is 4. The molecule has 0 fully saturated rings. The van der Waals surface area contributed by atoms with E-state index in [0.717, 1.165) is 11.5 Å². The maximum Gasteiger partial charge on any atom is 0.335 e. The van der Waals surface area contributed by atoms with E-state index in [9.17, 15) is 9.59 Å². The Hall–Kier alpha value is -2.55. The number of urea groups is 1. The normalized spacial score (nSPS) is 10.1. The van der Waals surface area contributed by atoms with Gasteiger partial charge in [0, 0.05) is 17.7 Å². The van der Waals surface area contributed by atoms with Crippen LogP contribution in [0.3, 0.4) is 0 Å². The minimum absolute atomic E-state index is 0.116. The minimum atomic E-state index is -1.04. The van der Waals surface area contributed by atoms with Crippen molar-refractivity contribution in [2.75, 3.05) is 5.32 Å². The number of pyridine rings is 1. The van der Waals surface area contributed by atoms with E-state index in [1.807, 2.05) is 0 Å². The zero-order valence-corrected chi connectivity index (χ0v) is 11.3. The molecule has 3 N–H and O–H groups in total. The summed E-state index contributed by atoms with van der Waals surface area (Å²) in [6, 6.07) is 2.33. The fourth-order valence-electron chi connectivity index (χ4n) is 1.37. The Labute approximate surface area is 118 Å². The first-order valence-electron chi connectivity index (χ1n) is 5.58. The molecule has 20 heavy (non-hydrogen) atoms. The number of carbonyl (C=O) groups excluding carboxylic acids is 1. The number of aromatic nitrogens is 3. The molecular weight excluding hydrogens is 282 g/mol. The van der Waals surface area contributed by atoms with Crippen LogP contribution in [-0.2, 0) is 6.54 Å². The second kappa shape index (κ2) is 6.06. The standard InChI is InChI=1S/C11H11N5O3S/c1-6-14-11(20-16-6)15-10(19)13-5-8-4-7(9(17)18)2-3-12-8/h2-4H,5H2,1H3,(H,17,18)(H2,13,14,15,16,19). The third-order valence-corrected chi connectivity index (χ3v) is 2.96. The van der Waals surface area contributed by atoms with Gasteiger partial charge in [-0.1, -0.05) is 0 Å². The van der Waals surface area contributed by atoms with Crippen molar-refractivity contribution in [1.29, 1.82) is 0 Å². The van der Waals surface area contributed by atoms with Crippen molar-refractivity contribution in [1.82, 2.24) is 19.7 Å². The van der Waals surface area contributed by atoms with Gasteiger partial charge in [-0.05, 0) is 19.1 Å². The Morgan fingerprint density at radius 3 is 2.90 bits per heavy atom. The van der Waals surface area contributed by atoms with E-state index in [1.54, 1.807) is 6.92 Å². The average molecular weight is 293 g/mol. The quantitative estimate of drug-likeness (QED) is 0.781. The average Bonchev–Trinajstić information content (AvgIpc) is 2.82. The smallest absolute Gasteiger partial charge is 0.335 e. The Morgan fingerprint density at radius 1 is 1.45 bits per heavy atom. The summed E-state index contributed by atoms with van der Waals surface area (Å²) >= 11 is 1.08. The van der Waals surface area contributed by atoms with Gasteiger partial charge in [0.2, 0.25) is 5.13 Å². The van der Waals surface area contributed by atoms with Gasteiger partial charge in [-0.3, -0.25) is 10.3 Å². The third kappa shape index (κ3) is 3.72. The van der Waals surface area contributed by atoms with E-state index in [1.165, 1.54) is 18.3 Å². The Bertz CT molecular complexity index is 642. The number of aromatic carboxylic acids is 1. The van der Waals surface area contributed by atoms with Gasteiger partial charge < -0.3 is 10.4 Å². The molecule has 0 saturated carbocycles. The van der Waals surface area contributed by atoms with E-state index in [0.29, 0.717) is 16.6 Å². The fraction of sp³-hybridized carbons (Fsp3) is 0.182. The zero-order chi connectivity index (χ0) is 14.5. The molecule has 2 heterocycles. The van der Waals surface area contributed by atoms with Gasteiger partial charge in [-0.25, -0.2) is 14.6 Å². The molecule has 0 spiro atoms. The lowest BCUT2D eigenvalue weighted by atomic mass is 10.2. The number of nitrogens with zero attached hydrogens (tertiary/aromatic N) is 3. The number of hydrogen-bond acceptors (Lipinski definition) is 6. The van der Waals surface area contributed by atoms with Crippen LogP contribution in [0, 0.1) is 6.92 Å². The van der Waals surface area contributed by atoms with Gasteiger partial charge in [0.15, 0.2) is 0 Å². The van der Waals surface area contributed by atoms with Gasteiger partial charge in [0.25, 0.3) is 0 Å². The van der Waals surface area contributed by atoms with Crippen molar-refractivity contribution in [3.8, 4) is 0 Å². The summed E-state index contributed by atoms with van der Waals surface area (Å²) in [6.45, 7) is 1.84. The number of amides is 2. The summed E-state index contributed by atoms with van der Waals surface area (Å²) in [5.74, 6) is -0.455. The molecule has 104 valence electrons. The second-order valence-corrected chi connectivity index (χ2v) is 4.55. The third-order valence-electron chi connectivity index (χ3n) is 2.24. The molecule has 9 heteroatoms. The van der Waals surface area contributed by atoms with Crippen LogP contribution in [0.1, 0.15) is 21.9 Å². The number of nitrogens with one attached hydrogen (secondary N) is 2. The Morgan fingerprint density at radius 2 is 2.25 bits per heavy atom. The van der Waals surface area contributed by atoms with E-state index >= 15 is 0 Å². The van der Waals surface area contributed by atoms with Crippen LogP contribution >= 0.6 is 11.5 Å². The lowest BCUT2D eigenvalue weighted by molar-refractivity contribution is 0.0696. The largest absolute Gasteiger partial charge is 0.478 e. The number of hydrogen-bond donors (Lipinski definition) is 3. The van der Waals surface area contributed by atoms with E-state index in [-0.39, 0.29) is 12.1 Å². The highest BCUT2D eigenvalue weighted by atomic mass is 32.1. The van der Waals surface area contributed by atoms with Crippen LogP contribution in [0.15, 0.2) is 18.3 Å². The first-order valence-corrected chi connectivity index (χ1v) is 6.35. The molecule has 0 unspecified atom stereocenters. The molecule has 0 saturated heterocycles. The molecule has 0 radical (unpaired) electrons. The molecule has 2 rings (SSSR count). The number of carbonyl (C=O) groups is 2. The van der Waals surface area contributed by atoms with Crippen molar-refractivity contribution in [2.24, 2.45) is 0 Å². The molecule has 0 aliphatic rings. The molecule has 0 aliphatic heterocycles. The van der Waals surface area contributed by atoms with Crippen molar-refractivity contribution in [3.63, 3.8) is 0 Å². The van der Waals surface area contributed by atoms with Gasteiger partial charge in [0.05, 0.1) is 17.8 Å². The van der Waals surface area contributed by atoms with E-state index < -0.39 is 12.0 Å². The highest BCUT2D eigenvalue weighted by Crippen LogP contribution is 2.09. The fourth-order valence-corrected chi connectivity index (χ4v) is 1.94. The van der Waals surface area contributed by atoms with E-state index in [2.05, 4.69) is 25.0 Å².